The standard InChI is InChI=1S/C17H25N5O/c1-12-6-5-7-13(2)17(12)22-16(19-20-21-22)10-18-15-9-4-3-8-14(15)11-23/h5-7,14-15,18,23H,3-4,8-11H2,1-2H3/t14-,15+/m1/s1. The summed E-state index contributed by atoms with van der Waals surface area (Å²) in [5.74, 6) is 1.15. The number of nitrogens with zero attached hydrogens (tertiary/aromatic N) is 4. The van der Waals surface area contributed by atoms with E-state index in [4.69, 9.17) is 0 Å². The van der Waals surface area contributed by atoms with E-state index in [1.54, 1.807) is 0 Å². The van der Waals surface area contributed by atoms with Gasteiger partial charge in [-0.2, -0.15) is 4.68 Å². The van der Waals surface area contributed by atoms with Crippen LogP contribution >= 0.6 is 0 Å². The molecule has 0 spiro atoms. The molecule has 6 nitrogen and oxygen atoms in total. The zero-order valence-electron chi connectivity index (χ0n) is 13.9. The molecule has 2 aromatic rings. The fraction of sp³-hybridized carbons (Fsp3) is 0.588. The van der Waals surface area contributed by atoms with Gasteiger partial charge in [-0.15, -0.1) is 5.10 Å². The Morgan fingerprint density at radius 3 is 2.70 bits per heavy atom. The number of aryl methyl sites for hydroxylation is 2. The Hall–Kier alpha value is -1.79. The van der Waals surface area contributed by atoms with E-state index < -0.39 is 0 Å². The predicted molar refractivity (Wildman–Crippen MR) is 88.3 cm³/mol. The Bertz CT molecular complexity index is 634. The van der Waals surface area contributed by atoms with Gasteiger partial charge in [0.25, 0.3) is 0 Å². The minimum atomic E-state index is 0.250. The summed E-state index contributed by atoms with van der Waals surface area (Å²) >= 11 is 0. The van der Waals surface area contributed by atoms with Crippen molar-refractivity contribution >= 4 is 0 Å². The van der Waals surface area contributed by atoms with E-state index in [9.17, 15) is 5.11 Å². The van der Waals surface area contributed by atoms with E-state index in [2.05, 4.69) is 46.8 Å². The van der Waals surface area contributed by atoms with Gasteiger partial charge < -0.3 is 10.4 Å². The first-order chi connectivity index (χ1) is 11.2. The molecule has 0 amide bonds. The first kappa shape index (κ1) is 16.1. The van der Waals surface area contributed by atoms with Crippen LogP contribution in [-0.4, -0.2) is 38.0 Å². The van der Waals surface area contributed by atoms with Crippen LogP contribution in [0.15, 0.2) is 18.2 Å². The van der Waals surface area contributed by atoms with Crippen molar-refractivity contribution in [2.24, 2.45) is 5.92 Å². The monoisotopic (exact) mass is 315 g/mol. The zero-order valence-corrected chi connectivity index (χ0v) is 13.9. The van der Waals surface area contributed by atoms with Crippen LogP contribution in [0.4, 0.5) is 0 Å². The van der Waals surface area contributed by atoms with Crippen LogP contribution in [0.25, 0.3) is 5.69 Å². The maximum absolute atomic E-state index is 9.54. The van der Waals surface area contributed by atoms with Gasteiger partial charge in [0.05, 0.1) is 12.2 Å². The Kier molecular flexibility index (Phi) is 5.03. The maximum Gasteiger partial charge on any atom is 0.170 e. The predicted octanol–water partition coefficient (Wildman–Crippen LogP) is 1.92. The number of tetrazole rings is 1. The highest BCUT2D eigenvalue weighted by atomic mass is 16.3. The molecule has 0 radical (unpaired) electrons. The summed E-state index contributed by atoms with van der Waals surface area (Å²) in [5.41, 5.74) is 3.37. The largest absolute Gasteiger partial charge is 0.396 e. The second-order valence-corrected chi connectivity index (χ2v) is 6.46. The van der Waals surface area contributed by atoms with Crippen LogP contribution < -0.4 is 5.32 Å². The molecule has 23 heavy (non-hydrogen) atoms. The molecule has 0 aliphatic heterocycles. The second kappa shape index (κ2) is 7.19. The first-order valence-electron chi connectivity index (χ1n) is 8.38. The van der Waals surface area contributed by atoms with Crippen molar-refractivity contribution in [3.63, 3.8) is 0 Å². The maximum atomic E-state index is 9.54. The van der Waals surface area contributed by atoms with Crippen LogP contribution in [0.1, 0.15) is 42.6 Å². The molecular formula is C17H25N5O. The molecule has 1 saturated carbocycles. The summed E-state index contributed by atoms with van der Waals surface area (Å²) in [5, 5.41) is 25.3. The molecule has 3 rings (SSSR count). The first-order valence-corrected chi connectivity index (χ1v) is 8.38. The molecule has 2 atom stereocenters. The van der Waals surface area contributed by atoms with Crippen LogP contribution in [0.2, 0.25) is 0 Å². The summed E-state index contributed by atoms with van der Waals surface area (Å²) < 4.78 is 1.83. The van der Waals surface area contributed by atoms with Crippen molar-refractivity contribution in [2.45, 2.75) is 52.1 Å². The van der Waals surface area contributed by atoms with E-state index in [0.717, 1.165) is 35.5 Å². The van der Waals surface area contributed by atoms with Crippen LogP contribution in [0.3, 0.4) is 0 Å². The molecule has 1 fully saturated rings. The molecule has 1 aromatic heterocycles. The number of hydrogen-bond donors (Lipinski definition) is 2. The van der Waals surface area contributed by atoms with Gasteiger partial charge in [-0.3, -0.25) is 0 Å². The lowest BCUT2D eigenvalue weighted by Gasteiger charge is -2.30. The third-order valence-corrected chi connectivity index (χ3v) is 4.85. The molecular weight excluding hydrogens is 290 g/mol. The average Bonchev–Trinajstić information content (AvgIpc) is 3.01. The van der Waals surface area contributed by atoms with Gasteiger partial charge in [0.2, 0.25) is 0 Å². The number of benzene rings is 1. The Labute approximate surface area is 136 Å². The van der Waals surface area contributed by atoms with Crippen molar-refractivity contribution in [1.82, 2.24) is 25.5 Å². The van der Waals surface area contributed by atoms with Gasteiger partial charge in [0, 0.05) is 12.6 Å². The lowest BCUT2D eigenvalue weighted by Crippen LogP contribution is -2.40. The number of hydrogen-bond acceptors (Lipinski definition) is 5. The quantitative estimate of drug-likeness (QED) is 0.881. The van der Waals surface area contributed by atoms with Gasteiger partial charge in [-0.25, -0.2) is 0 Å². The van der Waals surface area contributed by atoms with Crippen molar-refractivity contribution < 1.29 is 5.11 Å². The van der Waals surface area contributed by atoms with Gasteiger partial charge in [0.1, 0.15) is 0 Å². The average molecular weight is 315 g/mol. The fourth-order valence-electron chi connectivity index (χ4n) is 3.55. The smallest absolute Gasteiger partial charge is 0.170 e. The van der Waals surface area contributed by atoms with E-state index in [0.29, 0.717) is 18.5 Å². The molecule has 1 aliphatic rings. The van der Waals surface area contributed by atoms with Crippen LogP contribution in [0.5, 0.6) is 0 Å². The summed E-state index contributed by atoms with van der Waals surface area (Å²) in [7, 11) is 0. The third-order valence-electron chi connectivity index (χ3n) is 4.85. The molecule has 1 heterocycles. The van der Waals surface area contributed by atoms with Gasteiger partial charge in [-0.05, 0) is 54.2 Å². The summed E-state index contributed by atoms with van der Waals surface area (Å²) in [4.78, 5) is 0. The number of aliphatic hydroxyl groups is 1. The normalized spacial score (nSPS) is 21.5. The van der Waals surface area contributed by atoms with Crippen molar-refractivity contribution in [3.8, 4) is 5.69 Å². The third kappa shape index (κ3) is 3.43. The molecule has 0 saturated heterocycles. The molecule has 1 aliphatic carbocycles. The topological polar surface area (TPSA) is 75.9 Å². The SMILES string of the molecule is Cc1cccc(C)c1-n1nnnc1CN[C@H]1CCCC[C@@H]1CO. The highest BCUT2D eigenvalue weighted by molar-refractivity contribution is 5.46. The lowest BCUT2D eigenvalue weighted by molar-refractivity contribution is 0.152. The molecule has 2 N–H and O–H groups in total. The summed E-state index contributed by atoms with van der Waals surface area (Å²) in [6, 6.07) is 6.54. The van der Waals surface area contributed by atoms with Gasteiger partial charge in [-0.1, -0.05) is 31.0 Å². The van der Waals surface area contributed by atoms with E-state index in [-0.39, 0.29) is 6.61 Å². The Morgan fingerprint density at radius 1 is 1.22 bits per heavy atom. The Balaban J connectivity index is 1.76. The van der Waals surface area contributed by atoms with Crippen LogP contribution in [0, 0.1) is 19.8 Å². The summed E-state index contributed by atoms with van der Waals surface area (Å²) in [6.07, 6.45) is 4.63. The van der Waals surface area contributed by atoms with Crippen molar-refractivity contribution in [3.05, 3.63) is 35.2 Å². The van der Waals surface area contributed by atoms with Crippen LogP contribution in [-0.2, 0) is 6.54 Å². The number of aliphatic hydroxyl groups excluding tert-OH is 1. The highest BCUT2D eigenvalue weighted by Gasteiger charge is 2.24. The second-order valence-electron chi connectivity index (χ2n) is 6.46. The van der Waals surface area contributed by atoms with Gasteiger partial charge in [0.15, 0.2) is 5.82 Å². The number of rotatable bonds is 5. The molecule has 1 aromatic carbocycles. The van der Waals surface area contributed by atoms with Crippen molar-refractivity contribution in [2.75, 3.05) is 6.61 Å². The van der Waals surface area contributed by atoms with E-state index in [1.165, 1.54) is 12.8 Å². The Morgan fingerprint density at radius 2 is 1.96 bits per heavy atom. The van der Waals surface area contributed by atoms with E-state index in [1.807, 2.05) is 10.7 Å². The number of para-hydroxylation sites is 1. The van der Waals surface area contributed by atoms with Gasteiger partial charge >= 0.3 is 0 Å². The molecule has 124 valence electrons. The minimum Gasteiger partial charge on any atom is -0.396 e. The fourth-order valence-corrected chi connectivity index (χ4v) is 3.55. The molecule has 0 unspecified atom stereocenters. The summed E-state index contributed by atoms with van der Waals surface area (Å²) in [6.45, 7) is 5.01. The number of nitrogens with one attached hydrogen (secondary N) is 1. The zero-order chi connectivity index (χ0) is 16.2. The van der Waals surface area contributed by atoms with E-state index >= 15 is 0 Å². The lowest BCUT2D eigenvalue weighted by atomic mass is 9.85. The highest BCUT2D eigenvalue weighted by Crippen LogP contribution is 2.24. The number of aromatic nitrogens is 4. The molecule has 0 bridgehead atoms. The molecule has 6 heteroatoms. The van der Waals surface area contributed by atoms with Crippen molar-refractivity contribution in [1.29, 1.82) is 0 Å². The minimum absolute atomic E-state index is 0.250.